The van der Waals surface area contributed by atoms with Crippen LogP contribution < -0.4 is 16.2 Å². The van der Waals surface area contributed by atoms with Crippen molar-refractivity contribution in [2.24, 2.45) is 23.0 Å². The van der Waals surface area contributed by atoms with Crippen LogP contribution in [-0.4, -0.2) is 29.1 Å². The topological polar surface area (TPSA) is 75.0 Å². The number of H-pyrrole nitrogens is 1. The third-order valence-electron chi connectivity index (χ3n) is 5.63. The Labute approximate surface area is 123 Å². The van der Waals surface area contributed by atoms with E-state index in [9.17, 15) is 4.79 Å². The van der Waals surface area contributed by atoms with E-state index in [4.69, 9.17) is 5.73 Å². The molecule has 1 aromatic heterocycles. The van der Waals surface area contributed by atoms with Gasteiger partial charge in [0.2, 0.25) is 0 Å². The fourth-order valence-electron chi connectivity index (χ4n) is 4.37. The van der Waals surface area contributed by atoms with E-state index in [0.717, 1.165) is 37.8 Å². The molecular formula is C14H20N4OS. The molecule has 0 amide bonds. The number of aromatic amines is 1. The molecule has 1 aliphatic heterocycles. The first kappa shape index (κ1) is 12.7. The van der Waals surface area contributed by atoms with Crippen LogP contribution in [0, 0.1) is 17.3 Å². The quantitative estimate of drug-likeness (QED) is 0.675. The minimum absolute atomic E-state index is 0.146. The number of nitrogens with one attached hydrogen (secondary N) is 1. The summed E-state index contributed by atoms with van der Waals surface area (Å²) in [5.74, 6) is 2.20. The molecule has 6 heteroatoms. The van der Waals surface area contributed by atoms with Gasteiger partial charge in [0.25, 0.3) is 5.56 Å². The Morgan fingerprint density at radius 1 is 1.45 bits per heavy atom. The first-order valence-electron chi connectivity index (χ1n) is 7.38. The molecule has 3 N–H and O–H groups in total. The summed E-state index contributed by atoms with van der Waals surface area (Å²) in [6.45, 7) is 1.77. The molecule has 2 aliphatic carbocycles. The highest BCUT2D eigenvalue weighted by molar-refractivity contribution is 7.80. The molecule has 3 unspecified atom stereocenters. The second kappa shape index (κ2) is 4.24. The summed E-state index contributed by atoms with van der Waals surface area (Å²) in [5.41, 5.74) is 6.64. The molecule has 0 radical (unpaired) electrons. The minimum Gasteiger partial charge on any atom is -0.352 e. The Kier molecular flexibility index (Phi) is 2.70. The third kappa shape index (κ3) is 1.81. The Morgan fingerprint density at radius 2 is 2.20 bits per heavy atom. The van der Waals surface area contributed by atoms with Crippen molar-refractivity contribution in [2.75, 3.05) is 18.0 Å². The number of aromatic nitrogens is 2. The van der Waals surface area contributed by atoms with Crippen LogP contribution in [0.15, 0.2) is 16.0 Å². The second-order valence-corrected chi connectivity index (χ2v) is 7.14. The predicted octanol–water partition coefficient (Wildman–Crippen LogP) is 1.01. The zero-order valence-corrected chi connectivity index (χ0v) is 12.3. The van der Waals surface area contributed by atoms with E-state index in [1.165, 1.54) is 12.8 Å². The van der Waals surface area contributed by atoms with Crippen molar-refractivity contribution in [3.63, 3.8) is 0 Å². The highest BCUT2D eigenvalue weighted by Crippen LogP contribution is 2.62. The minimum atomic E-state index is -0.146. The van der Waals surface area contributed by atoms with Crippen molar-refractivity contribution >= 4 is 18.4 Å². The van der Waals surface area contributed by atoms with Crippen molar-refractivity contribution in [3.8, 4) is 0 Å². The number of hydrogen-bond donors (Lipinski definition) is 3. The van der Waals surface area contributed by atoms with Gasteiger partial charge in [-0.1, -0.05) is 0 Å². The molecule has 3 aliphatic rings. The van der Waals surface area contributed by atoms with E-state index < -0.39 is 0 Å². The van der Waals surface area contributed by atoms with Gasteiger partial charge in [-0.15, -0.1) is 12.6 Å². The first-order valence-corrected chi connectivity index (χ1v) is 7.83. The number of fused-ring (bicyclic) bond motifs is 1. The summed E-state index contributed by atoms with van der Waals surface area (Å²) in [4.78, 5) is 21.0. The van der Waals surface area contributed by atoms with E-state index in [-0.39, 0.29) is 5.56 Å². The molecule has 108 valence electrons. The van der Waals surface area contributed by atoms with Crippen molar-refractivity contribution in [1.82, 2.24) is 9.97 Å². The molecule has 5 nitrogen and oxygen atoms in total. The Balaban J connectivity index is 1.51. The smallest absolute Gasteiger partial charge is 0.291 e. The number of nitrogens with two attached hydrogens (primary N) is 1. The summed E-state index contributed by atoms with van der Waals surface area (Å²) < 4.78 is 0. The van der Waals surface area contributed by atoms with E-state index in [0.29, 0.717) is 22.3 Å². The van der Waals surface area contributed by atoms with Crippen LogP contribution in [0.2, 0.25) is 0 Å². The van der Waals surface area contributed by atoms with Gasteiger partial charge in [-0.3, -0.25) is 4.79 Å². The van der Waals surface area contributed by atoms with Crippen LogP contribution in [0.25, 0.3) is 0 Å². The zero-order valence-electron chi connectivity index (χ0n) is 11.4. The number of rotatable bonds is 1. The maximum atomic E-state index is 11.9. The van der Waals surface area contributed by atoms with Gasteiger partial charge >= 0.3 is 0 Å². The van der Waals surface area contributed by atoms with Gasteiger partial charge in [-0.05, 0) is 42.9 Å². The first-order chi connectivity index (χ1) is 9.59. The molecule has 20 heavy (non-hydrogen) atoms. The zero-order chi connectivity index (χ0) is 13.9. The van der Waals surface area contributed by atoms with Crippen LogP contribution in [0.3, 0.4) is 0 Å². The molecule has 3 fully saturated rings. The van der Waals surface area contributed by atoms with Gasteiger partial charge in [0.15, 0.2) is 5.82 Å². The van der Waals surface area contributed by atoms with Crippen LogP contribution in [0.4, 0.5) is 5.82 Å². The Hall–Kier alpha value is -1.01. The SMILES string of the molecule is NC1C2CC2CC12CCN(c1ncc(S)[nH]c1=O)CC2. The Bertz CT molecular complexity index is 593. The summed E-state index contributed by atoms with van der Waals surface area (Å²) in [6.07, 6.45) is 6.42. The highest BCUT2D eigenvalue weighted by Gasteiger charge is 2.59. The van der Waals surface area contributed by atoms with Gasteiger partial charge in [0, 0.05) is 19.1 Å². The van der Waals surface area contributed by atoms with Gasteiger partial charge in [0.05, 0.1) is 11.2 Å². The van der Waals surface area contributed by atoms with Crippen molar-refractivity contribution < 1.29 is 0 Å². The molecule has 2 heterocycles. The third-order valence-corrected chi connectivity index (χ3v) is 5.85. The van der Waals surface area contributed by atoms with Crippen LogP contribution in [-0.2, 0) is 0 Å². The average molecular weight is 292 g/mol. The molecule has 1 spiro atoms. The molecule has 3 atom stereocenters. The molecule has 2 saturated carbocycles. The lowest BCUT2D eigenvalue weighted by Crippen LogP contribution is -2.49. The van der Waals surface area contributed by atoms with Crippen LogP contribution in [0.5, 0.6) is 0 Å². The lowest BCUT2D eigenvalue weighted by atomic mass is 9.72. The highest BCUT2D eigenvalue weighted by atomic mass is 32.1. The monoisotopic (exact) mass is 292 g/mol. The summed E-state index contributed by atoms with van der Waals surface area (Å²) in [7, 11) is 0. The molecule has 1 aromatic rings. The number of piperidine rings is 1. The normalized spacial score (nSPS) is 34.3. The lowest BCUT2D eigenvalue weighted by molar-refractivity contribution is 0.171. The summed E-state index contributed by atoms with van der Waals surface area (Å²) >= 11 is 4.10. The number of hydrogen-bond acceptors (Lipinski definition) is 5. The van der Waals surface area contributed by atoms with Gasteiger partial charge < -0.3 is 15.6 Å². The largest absolute Gasteiger partial charge is 0.352 e. The van der Waals surface area contributed by atoms with Crippen molar-refractivity contribution in [2.45, 2.75) is 36.8 Å². The Morgan fingerprint density at radius 3 is 2.80 bits per heavy atom. The average Bonchev–Trinajstić information content (AvgIpc) is 3.13. The maximum Gasteiger partial charge on any atom is 0.291 e. The fourth-order valence-corrected chi connectivity index (χ4v) is 4.53. The molecule has 4 rings (SSSR count). The summed E-state index contributed by atoms with van der Waals surface area (Å²) in [5, 5.41) is 0.505. The van der Waals surface area contributed by atoms with E-state index in [1.807, 2.05) is 0 Å². The van der Waals surface area contributed by atoms with Crippen LogP contribution >= 0.6 is 12.6 Å². The fraction of sp³-hybridized carbons (Fsp3) is 0.714. The van der Waals surface area contributed by atoms with Gasteiger partial charge in [0.1, 0.15) is 0 Å². The van der Waals surface area contributed by atoms with Gasteiger partial charge in [-0.2, -0.15) is 0 Å². The van der Waals surface area contributed by atoms with Crippen molar-refractivity contribution in [3.05, 3.63) is 16.6 Å². The second-order valence-electron chi connectivity index (χ2n) is 6.66. The molecule has 0 aromatic carbocycles. The number of anilines is 1. The molecular weight excluding hydrogens is 272 g/mol. The number of nitrogens with zero attached hydrogens (tertiary/aromatic N) is 2. The van der Waals surface area contributed by atoms with Crippen LogP contribution in [0.1, 0.15) is 25.7 Å². The lowest BCUT2D eigenvalue weighted by Gasteiger charge is -2.43. The summed E-state index contributed by atoms with van der Waals surface area (Å²) in [6, 6.07) is 0.376. The molecule has 1 saturated heterocycles. The van der Waals surface area contributed by atoms with E-state index in [2.05, 4.69) is 27.5 Å². The molecule has 0 bridgehead atoms. The number of thiol groups is 1. The van der Waals surface area contributed by atoms with E-state index >= 15 is 0 Å². The maximum absolute atomic E-state index is 11.9. The van der Waals surface area contributed by atoms with Gasteiger partial charge in [-0.25, -0.2) is 4.98 Å². The van der Waals surface area contributed by atoms with Crippen molar-refractivity contribution in [1.29, 1.82) is 0 Å². The predicted molar refractivity (Wildman–Crippen MR) is 80.2 cm³/mol. The van der Waals surface area contributed by atoms with E-state index in [1.54, 1.807) is 6.20 Å². The standard InChI is InChI=1S/C14H20N4OS/c15-11-9-5-8(9)6-14(11)1-3-18(4-2-14)12-13(19)17-10(20)7-16-12/h7-9,11H,1-6,15H2,(H2,17,19,20).